The average molecular weight is 211 g/mol. The van der Waals surface area contributed by atoms with Gasteiger partial charge in [-0.1, -0.05) is 0 Å². The number of carbonyl (C=O) groups excluding carboxylic acids is 1. The van der Waals surface area contributed by atoms with E-state index >= 15 is 0 Å². The minimum Gasteiger partial charge on any atom is -0.381 e. The van der Waals surface area contributed by atoms with Gasteiger partial charge >= 0.3 is 6.03 Å². The van der Waals surface area contributed by atoms with Crippen molar-refractivity contribution in [2.75, 3.05) is 19.8 Å². The van der Waals surface area contributed by atoms with Crippen LogP contribution in [0, 0.1) is 11.3 Å². The van der Waals surface area contributed by atoms with Crippen molar-refractivity contribution in [3.63, 3.8) is 0 Å². The van der Waals surface area contributed by atoms with Gasteiger partial charge in [0.05, 0.1) is 6.04 Å². The number of nitrogens with zero attached hydrogens (tertiary/aromatic N) is 1. The Hall–Kier alpha value is -1.10. The van der Waals surface area contributed by atoms with E-state index in [-0.39, 0.29) is 12.1 Å². The van der Waals surface area contributed by atoms with E-state index in [2.05, 4.69) is 5.32 Å². The molecule has 0 bridgehead atoms. The summed E-state index contributed by atoms with van der Waals surface area (Å²) in [7, 11) is 0. The van der Waals surface area contributed by atoms with E-state index in [1.807, 2.05) is 6.92 Å². The number of urea groups is 1. The number of ether oxygens (including phenoxy) is 1. The number of amides is 2. The molecule has 2 N–H and O–H groups in total. The van der Waals surface area contributed by atoms with Crippen LogP contribution in [0.2, 0.25) is 0 Å². The van der Waals surface area contributed by atoms with Crippen LogP contribution < -0.4 is 5.32 Å². The zero-order valence-corrected chi connectivity index (χ0v) is 8.95. The summed E-state index contributed by atoms with van der Waals surface area (Å²) in [5, 5.41) is 10.4. The predicted molar refractivity (Wildman–Crippen MR) is 56.0 cm³/mol. The number of rotatable bonds is 2. The maximum absolute atomic E-state index is 11.5. The number of nitrogens with one attached hydrogen (secondary N) is 2. The summed E-state index contributed by atoms with van der Waals surface area (Å²) in [6, 6.07) is -0.176. The Morgan fingerprint density at radius 3 is 2.80 bits per heavy atom. The minimum absolute atomic E-state index is 0.0496. The molecule has 0 aromatic rings. The van der Waals surface area contributed by atoms with Crippen molar-refractivity contribution in [3.05, 3.63) is 0 Å². The highest BCUT2D eigenvalue weighted by Crippen LogP contribution is 2.25. The van der Waals surface area contributed by atoms with Crippen LogP contribution in [0.25, 0.3) is 0 Å². The molecule has 0 radical (unpaired) electrons. The Labute approximate surface area is 89.3 Å². The third-order valence-corrected chi connectivity index (χ3v) is 3.19. The molecule has 0 saturated carbocycles. The normalized spacial score (nSPS) is 28.3. The van der Waals surface area contributed by atoms with Crippen LogP contribution in [0.15, 0.2) is 0 Å². The highest BCUT2D eigenvalue weighted by Gasteiger charge is 2.40. The molecule has 1 atom stereocenters. The van der Waals surface area contributed by atoms with Gasteiger partial charge in [-0.15, -0.1) is 0 Å². The standard InChI is InChI=1S/C10H17N3O2/c1-2-13-8(9(11)12-10(13)14)7-3-5-15-6-4-7/h7-8H,2-6H2,1H3,(H2,11,12,14). The Morgan fingerprint density at radius 2 is 2.20 bits per heavy atom. The SMILES string of the molecule is CCN1C(=O)NC(=N)C1C1CCOCC1. The predicted octanol–water partition coefficient (Wildman–Crippen LogP) is 0.804. The second kappa shape index (κ2) is 4.18. The van der Waals surface area contributed by atoms with Crippen molar-refractivity contribution in [2.24, 2.45) is 5.92 Å². The molecule has 2 saturated heterocycles. The van der Waals surface area contributed by atoms with E-state index in [9.17, 15) is 4.79 Å². The maximum atomic E-state index is 11.5. The smallest absolute Gasteiger partial charge is 0.323 e. The molecule has 2 aliphatic rings. The van der Waals surface area contributed by atoms with Crippen LogP contribution in [0.5, 0.6) is 0 Å². The minimum atomic E-state index is -0.126. The van der Waals surface area contributed by atoms with Crippen LogP contribution in [0.4, 0.5) is 4.79 Å². The molecular weight excluding hydrogens is 194 g/mol. The summed E-state index contributed by atoms with van der Waals surface area (Å²) >= 11 is 0. The van der Waals surface area contributed by atoms with Crippen molar-refractivity contribution < 1.29 is 9.53 Å². The van der Waals surface area contributed by atoms with Gasteiger partial charge in [0, 0.05) is 19.8 Å². The molecule has 0 aliphatic carbocycles. The largest absolute Gasteiger partial charge is 0.381 e. The molecular formula is C10H17N3O2. The molecule has 0 aromatic carbocycles. The molecule has 5 heteroatoms. The highest BCUT2D eigenvalue weighted by atomic mass is 16.5. The lowest BCUT2D eigenvalue weighted by Crippen LogP contribution is -2.42. The van der Waals surface area contributed by atoms with Gasteiger partial charge in [0.1, 0.15) is 5.84 Å². The second-order valence-corrected chi connectivity index (χ2v) is 4.02. The lowest BCUT2D eigenvalue weighted by Gasteiger charge is -2.31. The third kappa shape index (κ3) is 1.84. The van der Waals surface area contributed by atoms with Gasteiger partial charge in [-0.2, -0.15) is 0 Å². The summed E-state index contributed by atoms with van der Waals surface area (Å²) in [6.07, 6.45) is 1.89. The summed E-state index contributed by atoms with van der Waals surface area (Å²) < 4.78 is 5.30. The van der Waals surface area contributed by atoms with Crippen molar-refractivity contribution in [3.8, 4) is 0 Å². The average Bonchev–Trinajstić information content (AvgIpc) is 2.54. The van der Waals surface area contributed by atoms with Gasteiger partial charge in [0.15, 0.2) is 0 Å². The van der Waals surface area contributed by atoms with Crippen molar-refractivity contribution >= 4 is 11.9 Å². The van der Waals surface area contributed by atoms with Crippen LogP contribution in [-0.2, 0) is 4.74 Å². The third-order valence-electron chi connectivity index (χ3n) is 3.19. The van der Waals surface area contributed by atoms with Gasteiger partial charge in [-0.25, -0.2) is 4.79 Å². The summed E-state index contributed by atoms with van der Waals surface area (Å²) in [5.41, 5.74) is 0. The monoisotopic (exact) mass is 211 g/mol. The van der Waals surface area contributed by atoms with Crippen molar-refractivity contribution in [1.29, 1.82) is 5.41 Å². The van der Waals surface area contributed by atoms with E-state index in [4.69, 9.17) is 10.1 Å². The van der Waals surface area contributed by atoms with Gasteiger partial charge in [-0.05, 0) is 25.7 Å². The van der Waals surface area contributed by atoms with Crippen molar-refractivity contribution in [1.82, 2.24) is 10.2 Å². The number of amidine groups is 1. The Balaban J connectivity index is 2.10. The van der Waals surface area contributed by atoms with E-state index < -0.39 is 0 Å². The Bertz CT molecular complexity index is 274. The zero-order valence-electron chi connectivity index (χ0n) is 8.95. The van der Waals surface area contributed by atoms with Crippen LogP contribution >= 0.6 is 0 Å². The molecule has 2 heterocycles. The second-order valence-electron chi connectivity index (χ2n) is 4.02. The van der Waals surface area contributed by atoms with Gasteiger partial charge in [0.25, 0.3) is 0 Å². The first-order valence-corrected chi connectivity index (χ1v) is 5.48. The van der Waals surface area contributed by atoms with Crippen LogP contribution in [-0.4, -0.2) is 42.6 Å². The first-order chi connectivity index (χ1) is 7.24. The maximum Gasteiger partial charge on any atom is 0.323 e. The van der Waals surface area contributed by atoms with E-state index in [0.717, 1.165) is 26.1 Å². The van der Waals surface area contributed by atoms with Crippen LogP contribution in [0.1, 0.15) is 19.8 Å². The first-order valence-electron chi connectivity index (χ1n) is 5.48. The van der Waals surface area contributed by atoms with E-state index in [1.165, 1.54) is 0 Å². The number of hydrogen-bond acceptors (Lipinski definition) is 3. The summed E-state index contributed by atoms with van der Waals surface area (Å²) in [5.74, 6) is 0.735. The topological polar surface area (TPSA) is 65.4 Å². The number of hydrogen-bond donors (Lipinski definition) is 2. The highest BCUT2D eigenvalue weighted by molar-refractivity contribution is 6.05. The summed E-state index contributed by atoms with van der Waals surface area (Å²) in [6.45, 7) is 4.11. The molecule has 2 aliphatic heterocycles. The molecule has 0 spiro atoms. The van der Waals surface area contributed by atoms with Crippen LogP contribution in [0.3, 0.4) is 0 Å². The Morgan fingerprint density at radius 1 is 1.53 bits per heavy atom. The summed E-state index contributed by atoms with van der Waals surface area (Å²) in [4.78, 5) is 13.3. The van der Waals surface area contributed by atoms with E-state index in [0.29, 0.717) is 18.3 Å². The first kappa shape index (κ1) is 10.4. The van der Waals surface area contributed by atoms with E-state index in [1.54, 1.807) is 4.90 Å². The van der Waals surface area contributed by atoms with Gasteiger partial charge in [-0.3, -0.25) is 10.7 Å². The molecule has 1 unspecified atom stereocenters. The molecule has 5 nitrogen and oxygen atoms in total. The lowest BCUT2D eigenvalue weighted by atomic mass is 9.91. The molecule has 2 amide bonds. The number of likely N-dealkylation sites (N-methyl/N-ethyl adjacent to an activating group) is 1. The lowest BCUT2D eigenvalue weighted by molar-refractivity contribution is 0.0506. The van der Waals surface area contributed by atoms with Gasteiger partial charge in [0.2, 0.25) is 0 Å². The molecule has 2 rings (SSSR count). The molecule has 0 aromatic heterocycles. The zero-order chi connectivity index (χ0) is 10.8. The molecule has 84 valence electrons. The fourth-order valence-electron chi connectivity index (χ4n) is 2.41. The fraction of sp³-hybridized carbons (Fsp3) is 0.800. The quantitative estimate of drug-likeness (QED) is 0.709. The molecule has 15 heavy (non-hydrogen) atoms. The fourth-order valence-corrected chi connectivity index (χ4v) is 2.41. The number of carbonyl (C=O) groups is 1. The van der Waals surface area contributed by atoms with Crippen molar-refractivity contribution in [2.45, 2.75) is 25.8 Å². The molecule has 2 fully saturated rings. The van der Waals surface area contributed by atoms with Gasteiger partial charge < -0.3 is 9.64 Å². The Kier molecular flexibility index (Phi) is 2.90.